The Morgan fingerprint density at radius 3 is 2.37 bits per heavy atom. The Hall–Kier alpha value is -1.45. The number of aliphatic hydroxyl groups is 1. The Balaban J connectivity index is 2.52. The molecule has 0 aliphatic heterocycles. The summed E-state index contributed by atoms with van der Waals surface area (Å²) < 4.78 is 27.1. The Bertz CT molecular complexity index is 626. The number of aryl methyl sites for hydroxylation is 2. The van der Waals surface area contributed by atoms with Crippen LogP contribution in [0, 0.1) is 25.5 Å². The van der Waals surface area contributed by atoms with Crippen LogP contribution in [0.5, 0.6) is 0 Å². The quantitative estimate of drug-likeness (QED) is 0.870. The lowest BCUT2D eigenvalue weighted by Gasteiger charge is -2.15. The third-order valence-electron chi connectivity index (χ3n) is 3.02. The van der Waals surface area contributed by atoms with Crippen molar-refractivity contribution in [1.29, 1.82) is 0 Å². The first kappa shape index (κ1) is 14.0. The summed E-state index contributed by atoms with van der Waals surface area (Å²) in [7, 11) is 0. The summed E-state index contributed by atoms with van der Waals surface area (Å²) in [5.41, 5.74) is 1.61. The van der Waals surface area contributed by atoms with Gasteiger partial charge >= 0.3 is 0 Å². The minimum Gasteiger partial charge on any atom is -0.383 e. The maximum absolute atomic E-state index is 13.7. The molecule has 1 nitrogen and oxygen atoms in total. The topological polar surface area (TPSA) is 20.2 Å². The summed E-state index contributed by atoms with van der Waals surface area (Å²) in [6, 6.07) is 7.02. The molecular weight excluding hydrogens is 270 g/mol. The molecule has 2 aromatic carbocycles. The van der Waals surface area contributed by atoms with Crippen LogP contribution < -0.4 is 0 Å². The summed E-state index contributed by atoms with van der Waals surface area (Å²) in [6.45, 7) is 3.36. The van der Waals surface area contributed by atoms with Crippen LogP contribution in [0.25, 0.3) is 0 Å². The Morgan fingerprint density at radius 2 is 1.68 bits per heavy atom. The molecule has 0 saturated heterocycles. The van der Waals surface area contributed by atoms with E-state index in [-0.39, 0.29) is 10.6 Å². The second-order valence-corrected chi connectivity index (χ2v) is 4.96. The molecular formula is C15H13ClF2O. The number of halogens is 3. The number of hydrogen-bond donors (Lipinski definition) is 1. The van der Waals surface area contributed by atoms with E-state index in [4.69, 9.17) is 11.6 Å². The van der Waals surface area contributed by atoms with E-state index >= 15 is 0 Å². The lowest BCUT2D eigenvalue weighted by Crippen LogP contribution is -2.05. The van der Waals surface area contributed by atoms with Crippen molar-refractivity contribution in [1.82, 2.24) is 0 Å². The third kappa shape index (κ3) is 2.77. The first-order chi connectivity index (χ1) is 8.90. The molecule has 0 amide bonds. The highest BCUT2D eigenvalue weighted by molar-refractivity contribution is 6.31. The molecule has 100 valence electrons. The van der Waals surface area contributed by atoms with Crippen molar-refractivity contribution < 1.29 is 13.9 Å². The van der Waals surface area contributed by atoms with E-state index in [1.165, 1.54) is 12.1 Å². The first-order valence-electron chi connectivity index (χ1n) is 5.80. The van der Waals surface area contributed by atoms with Gasteiger partial charge in [-0.05, 0) is 37.6 Å². The summed E-state index contributed by atoms with van der Waals surface area (Å²) in [5, 5.41) is 10.3. The highest BCUT2D eigenvalue weighted by Gasteiger charge is 2.19. The zero-order chi connectivity index (χ0) is 14.2. The number of hydrogen-bond acceptors (Lipinski definition) is 1. The van der Waals surface area contributed by atoms with Gasteiger partial charge in [-0.15, -0.1) is 0 Å². The summed E-state index contributed by atoms with van der Waals surface area (Å²) in [5.74, 6) is -0.971. The van der Waals surface area contributed by atoms with Crippen molar-refractivity contribution in [2.24, 2.45) is 0 Å². The summed E-state index contributed by atoms with van der Waals surface area (Å²) in [6.07, 6.45) is -1.22. The van der Waals surface area contributed by atoms with Crippen molar-refractivity contribution in [2.75, 3.05) is 0 Å². The molecule has 0 fully saturated rings. The van der Waals surface area contributed by atoms with E-state index in [0.29, 0.717) is 11.1 Å². The van der Waals surface area contributed by atoms with Gasteiger partial charge < -0.3 is 5.11 Å². The molecule has 0 aliphatic carbocycles. The van der Waals surface area contributed by atoms with Gasteiger partial charge in [0.25, 0.3) is 0 Å². The molecule has 0 aromatic heterocycles. The Morgan fingerprint density at radius 1 is 1.00 bits per heavy atom. The van der Waals surface area contributed by atoms with Crippen LogP contribution in [0.15, 0.2) is 30.3 Å². The molecule has 0 aliphatic rings. The van der Waals surface area contributed by atoms with Crippen molar-refractivity contribution >= 4 is 11.6 Å². The molecule has 0 bridgehead atoms. The fraction of sp³-hybridized carbons (Fsp3) is 0.200. The van der Waals surface area contributed by atoms with Crippen molar-refractivity contribution in [3.63, 3.8) is 0 Å². The molecule has 0 saturated carbocycles. The molecule has 1 atom stereocenters. The standard InChI is InChI=1S/C15H13ClF2O/c1-8-3-4-13(17)11(5-8)15(19)10-6-9(2)14(18)7-12(10)16/h3-7,15,19H,1-2H3. The predicted molar refractivity (Wildman–Crippen MR) is 71.3 cm³/mol. The van der Waals surface area contributed by atoms with Gasteiger partial charge in [-0.25, -0.2) is 8.78 Å². The molecule has 2 aromatic rings. The average molecular weight is 283 g/mol. The van der Waals surface area contributed by atoms with Gasteiger partial charge in [0.05, 0.1) is 0 Å². The maximum atomic E-state index is 13.7. The minimum atomic E-state index is -1.22. The van der Waals surface area contributed by atoms with Crippen LogP contribution in [0.2, 0.25) is 5.02 Å². The van der Waals surface area contributed by atoms with Gasteiger partial charge in [0.2, 0.25) is 0 Å². The second-order valence-electron chi connectivity index (χ2n) is 4.55. The van der Waals surface area contributed by atoms with E-state index < -0.39 is 17.7 Å². The van der Waals surface area contributed by atoms with Crippen LogP contribution >= 0.6 is 11.6 Å². The van der Waals surface area contributed by atoms with Crippen molar-refractivity contribution in [3.05, 3.63) is 69.2 Å². The zero-order valence-corrected chi connectivity index (χ0v) is 11.3. The van der Waals surface area contributed by atoms with E-state index in [0.717, 1.165) is 11.6 Å². The monoisotopic (exact) mass is 282 g/mol. The fourth-order valence-corrected chi connectivity index (χ4v) is 2.18. The molecule has 0 heterocycles. The van der Waals surface area contributed by atoms with Crippen LogP contribution in [-0.2, 0) is 0 Å². The number of rotatable bonds is 2. The van der Waals surface area contributed by atoms with Gasteiger partial charge in [-0.3, -0.25) is 0 Å². The Labute approximate surface area is 115 Å². The number of aliphatic hydroxyl groups excluding tert-OH is 1. The highest BCUT2D eigenvalue weighted by atomic mass is 35.5. The van der Waals surface area contributed by atoms with Crippen LogP contribution in [0.3, 0.4) is 0 Å². The normalized spacial score (nSPS) is 12.5. The number of benzene rings is 2. The molecule has 1 N–H and O–H groups in total. The van der Waals surface area contributed by atoms with Gasteiger partial charge in [0, 0.05) is 16.1 Å². The van der Waals surface area contributed by atoms with E-state index in [9.17, 15) is 13.9 Å². The fourth-order valence-electron chi connectivity index (χ4n) is 1.93. The molecule has 1 unspecified atom stereocenters. The predicted octanol–water partition coefficient (Wildman–Crippen LogP) is 4.32. The highest BCUT2D eigenvalue weighted by Crippen LogP contribution is 2.31. The summed E-state index contributed by atoms with van der Waals surface area (Å²) in [4.78, 5) is 0. The van der Waals surface area contributed by atoms with E-state index in [1.807, 2.05) is 0 Å². The van der Waals surface area contributed by atoms with E-state index in [2.05, 4.69) is 0 Å². The van der Waals surface area contributed by atoms with Crippen molar-refractivity contribution in [3.8, 4) is 0 Å². The van der Waals surface area contributed by atoms with Crippen LogP contribution in [0.4, 0.5) is 8.78 Å². The minimum absolute atomic E-state index is 0.0801. The third-order valence-corrected chi connectivity index (χ3v) is 3.35. The van der Waals surface area contributed by atoms with Gasteiger partial charge in [0.1, 0.15) is 17.7 Å². The van der Waals surface area contributed by atoms with E-state index in [1.54, 1.807) is 26.0 Å². The molecule has 0 spiro atoms. The van der Waals surface area contributed by atoms with Crippen molar-refractivity contribution in [2.45, 2.75) is 20.0 Å². The van der Waals surface area contributed by atoms with Gasteiger partial charge in [0.15, 0.2) is 0 Å². The first-order valence-corrected chi connectivity index (χ1v) is 6.17. The smallest absolute Gasteiger partial charge is 0.129 e. The lowest BCUT2D eigenvalue weighted by atomic mass is 9.98. The molecule has 19 heavy (non-hydrogen) atoms. The summed E-state index contributed by atoms with van der Waals surface area (Å²) >= 11 is 5.92. The molecule has 4 heteroatoms. The maximum Gasteiger partial charge on any atom is 0.129 e. The van der Waals surface area contributed by atoms with Gasteiger partial charge in [-0.2, -0.15) is 0 Å². The van der Waals surface area contributed by atoms with Gasteiger partial charge in [-0.1, -0.05) is 29.3 Å². The average Bonchev–Trinajstić information content (AvgIpc) is 2.36. The van der Waals surface area contributed by atoms with Crippen LogP contribution in [0.1, 0.15) is 28.4 Å². The SMILES string of the molecule is Cc1ccc(F)c(C(O)c2cc(C)c(F)cc2Cl)c1. The second kappa shape index (κ2) is 5.27. The lowest BCUT2D eigenvalue weighted by molar-refractivity contribution is 0.215. The largest absolute Gasteiger partial charge is 0.383 e. The zero-order valence-electron chi connectivity index (χ0n) is 10.5. The Kier molecular flexibility index (Phi) is 3.88. The molecule has 0 radical (unpaired) electrons. The van der Waals surface area contributed by atoms with Crippen LogP contribution in [-0.4, -0.2) is 5.11 Å². The molecule has 2 rings (SSSR count).